The molecule has 0 aliphatic heterocycles. The molecule has 0 amide bonds. The molecule has 7 aromatic carbocycles. The molecule has 0 spiro atoms. The molecule has 0 fully saturated rings. The Kier molecular flexibility index (Phi) is 6.43. The highest BCUT2D eigenvalue weighted by Crippen LogP contribution is 2.35. The van der Waals surface area contributed by atoms with Gasteiger partial charge in [-0.05, 0) is 63.4 Å². The maximum absolute atomic E-state index is 6.39. The SMILES string of the molecule is c1ccc(-c2ccc(-c3ccc4oc5cc(-c6nc(-c7ccccc7)nc(-c7ccc8ccccc8c7)n6)ccc5c4c3)cc2)cc1. The molecule has 0 bridgehead atoms. The smallest absolute Gasteiger partial charge is 0.164 e. The molecule has 47 heavy (non-hydrogen) atoms. The van der Waals surface area contributed by atoms with Crippen LogP contribution in [0.2, 0.25) is 0 Å². The maximum atomic E-state index is 6.39. The second-order valence-electron chi connectivity index (χ2n) is 11.7. The zero-order chi connectivity index (χ0) is 31.2. The lowest BCUT2D eigenvalue weighted by Crippen LogP contribution is -2.00. The minimum atomic E-state index is 0.601. The van der Waals surface area contributed by atoms with Crippen molar-refractivity contribution in [2.24, 2.45) is 0 Å². The van der Waals surface area contributed by atoms with Gasteiger partial charge in [-0.15, -0.1) is 0 Å². The fourth-order valence-corrected chi connectivity index (χ4v) is 6.26. The van der Waals surface area contributed by atoms with Gasteiger partial charge in [0.05, 0.1) is 0 Å². The highest BCUT2D eigenvalue weighted by atomic mass is 16.3. The average Bonchev–Trinajstić information content (AvgIpc) is 3.52. The van der Waals surface area contributed by atoms with E-state index in [1.165, 1.54) is 16.5 Å². The van der Waals surface area contributed by atoms with Crippen LogP contribution in [0.3, 0.4) is 0 Å². The van der Waals surface area contributed by atoms with Crippen molar-refractivity contribution in [2.45, 2.75) is 0 Å². The van der Waals surface area contributed by atoms with Crippen molar-refractivity contribution in [2.75, 3.05) is 0 Å². The van der Waals surface area contributed by atoms with Crippen LogP contribution in [0.4, 0.5) is 0 Å². The Hall–Kier alpha value is -6.39. The topological polar surface area (TPSA) is 51.8 Å². The Morgan fingerprint density at radius 3 is 1.53 bits per heavy atom. The molecule has 4 nitrogen and oxygen atoms in total. The minimum Gasteiger partial charge on any atom is -0.456 e. The molecule has 0 saturated carbocycles. The van der Waals surface area contributed by atoms with E-state index in [4.69, 9.17) is 19.4 Å². The molecular weight excluding hydrogens is 574 g/mol. The van der Waals surface area contributed by atoms with Gasteiger partial charge in [-0.2, -0.15) is 0 Å². The lowest BCUT2D eigenvalue weighted by atomic mass is 9.99. The Balaban J connectivity index is 1.12. The van der Waals surface area contributed by atoms with Gasteiger partial charge in [0, 0.05) is 27.5 Å². The monoisotopic (exact) mass is 601 g/mol. The number of furan rings is 1. The van der Waals surface area contributed by atoms with Gasteiger partial charge in [0.15, 0.2) is 17.5 Å². The fourth-order valence-electron chi connectivity index (χ4n) is 6.26. The van der Waals surface area contributed by atoms with Crippen LogP contribution in [0.25, 0.3) is 89.1 Å². The third-order valence-corrected chi connectivity index (χ3v) is 8.73. The lowest BCUT2D eigenvalue weighted by Gasteiger charge is -2.09. The molecule has 2 heterocycles. The highest BCUT2D eigenvalue weighted by molar-refractivity contribution is 6.07. The first-order valence-electron chi connectivity index (χ1n) is 15.7. The van der Waals surface area contributed by atoms with E-state index in [2.05, 4.69) is 115 Å². The van der Waals surface area contributed by atoms with Crippen molar-refractivity contribution in [3.05, 3.63) is 164 Å². The van der Waals surface area contributed by atoms with Gasteiger partial charge in [0.25, 0.3) is 0 Å². The average molecular weight is 602 g/mol. The highest BCUT2D eigenvalue weighted by Gasteiger charge is 2.15. The quantitative estimate of drug-likeness (QED) is 0.197. The van der Waals surface area contributed by atoms with Crippen molar-refractivity contribution in [3.63, 3.8) is 0 Å². The minimum absolute atomic E-state index is 0.601. The van der Waals surface area contributed by atoms with Crippen molar-refractivity contribution in [1.29, 1.82) is 0 Å². The summed E-state index contributed by atoms with van der Waals surface area (Å²) in [5.74, 6) is 1.86. The molecule has 0 saturated heterocycles. The van der Waals surface area contributed by atoms with Crippen LogP contribution in [0.15, 0.2) is 168 Å². The Labute approximate surface area is 271 Å². The summed E-state index contributed by atoms with van der Waals surface area (Å²) < 4.78 is 6.39. The summed E-state index contributed by atoms with van der Waals surface area (Å²) in [6, 6.07) is 56.5. The molecule has 0 unspecified atom stereocenters. The van der Waals surface area contributed by atoms with Crippen molar-refractivity contribution >= 4 is 32.7 Å². The fraction of sp³-hybridized carbons (Fsp3) is 0. The molecule has 0 atom stereocenters. The molecular formula is C43H27N3O. The first kappa shape index (κ1) is 27.0. The molecule has 4 heteroatoms. The number of aromatic nitrogens is 3. The predicted octanol–water partition coefficient (Wildman–Crippen LogP) is 11.3. The van der Waals surface area contributed by atoms with Gasteiger partial charge in [-0.1, -0.05) is 133 Å². The molecule has 0 aliphatic rings. The van der Waals surface area contributed by atoms with Gasteiger partial charge < -0.3 is 4.42 Å². The summed E-state index contributed by atoms with van der Waals surface area (Å²) in [6.07, 6.45) is 0. The van der Waals surface area contributed by atoms with E-state index in [9.17, 15) is 0 Å². The standard InChI is InChI=1S/C43H27N3O/c1-3-9-28(10-4-1)30-15-17-31(18-16-30)34-22-24-39-38(26-34)37-23-21-36(27-40(37)47-39)43-45-41(32-12-5-2-6-13-32)44-42(46-43)35-20-19-29-11-7-8-14-33(29)25-35/h1-27H. The summed E-state index contributed by atoms with van der Waals surface area (Å²) in [5.41, 5.74) is 9.12. The molecule has 220 valence electrons. The van der Waals surface area contributed by atoms with E-state index in [-0.39, 0.29) is 0 Å². The van der Waals surface area contributed by atoms with Gasteiger partial charge >= 0.3 is 0 Å². The normalized spacial score (nSPS) is 11.4. The molecule has 0 radical (unpaired) electrons. The van der Waals surface area contributed by atoms with Crippen molar-refractivity contribution < 1.29 is 4.42 Å². The number of fused-ring (bicyclic) bond motifs is 4. The lowest BCUT2D eigenvalue weighted by molar-refractivity contribution is 0.669. The molecule has 2 aromatic heterocycles. The number of hydrogen-bond acceptors (Lipinski definition) is 4. The summed E-state index contributed by atoms with van der Waals surface area (Å²) in [5, 5.41) is 4.45. The van der Waals surface area contributed by atoms with Crippen molar-refractivity contribution in [1.82, 2.24) is 15.0 Å². The van der Waals surface area contributed by atoms with Crippen LogP contribution < -0.4 is 0 Å². The second kappa shape index (κ2) is 11.2. The Bertz CT molecular complexity index is 2550. The van der Waals surface area contributed by atoms with Gasteiger partial charge in [-0.3, -0.25) is 0 Å². The van der Waals surface area contributed by atoms with Gasteiger partial charge in [0.1, 0.15) is 11.2 Å². The van der Waals surface area contributed by atoms with Crippen molar-refractivity contribution in [3.8, 4) is 56.4 Å². The zero-order valence-corrected chi connectivity index (χ0v) is 25.3. The Morgan fingerprint density at radius 2 is 0.809 bits per heavy atom. The zero-order valence-electron chi connectivity index (χ0n) is 25.3. The predicted molar refractivity (Wildman–Crippen MR) is 192 cm³/mol. The van der Waals surface area contributed by atoms with E-state index in [0.717, 1.165) is 55.1 Å². The maximum Gasteiger partial charge on any atom is 0.164 e. The van der Waals surface area contributed by atoms with Gasteiger partial charge in [0.2, 0.25) is 0 Å². The van der Waals surface area contributed by atoms with Gasteiger partial charge in [-0.25, -0.2) is 15.0 Å². The van der Waals surface area contributed by atoms with E-state index in [1.54, 1.807) is 0 Å². The molecule has 0 aliphatic carbocycles. The first-order chi connectivity index (χ1) is 23.2. The van der Waals surface area contributed by atoms with Crippen LogP contribution in [0.5, 0.6) is 0 Å². The van der Waals surface area contributed by atoms with E-state index < -0.39 is 0 Å². The summed E-state index contributed by atoms with van der Waals surface area (Å²) in [7, 11) is 0. The van der Waals surface area contributed by atoms with Crippen LogP contribution in [-0.2, 0) is 0 Å². The van der Waals surface area contributed by atoms with Crippen LogP contribution in [0.1, 0.15) is 0 Å². The molecule has 0 N–H and O–H groups in total. The van der Waals surface area contributed by atoms with Crippen LogP contribution in [-0.4, -0.2) is 15.0 Å². The summed E-state index contributed by atoms with van der Waals surface area (Å²) in [4.78, 5) is 14.8. The molecule has 9 rings (SSSR count). The number of hydrogen-bond donors (Lipinski definition) is 0. The third kappa shape index (κ3) is 5.02. The summed E-state index contributed by atoms with van der Waals surface area (Å²) in [6.45, 7) is 0. The largest absolute Gasteiger partial charge is 0.456 e. The third-order valence-electron chi connectivity index (χ3n) is 8.73. The first-order valence-corrected chi connectivity index (χ1v) is 15.7. The van der Waals surface area contributed by atoms with E-state index in [0.29, 0.717) is 17.5 Å². The van der Waals surface area contributed by atoms with Crippen LogP contribution in [0, 0.1) is 0 Å². The van der Waals surface area contributed by atoms with Crippen LogP contribution >= 0.6 is 0 Å². The van der Waals surface area contributed by atoms with E-state index in [1.807, 2.05) is 48.5 Å². The Morgan fingerprint density at radius 1 is 0.298 bits per heavy atom. The second-order valence-corrected chi connectivity index (χ2v) is 11.7. The summed E-state index contributed by atoms with van der Waals surface area (Å²) >= 11 is 0. The number of nitrogens with zero attached hydrogens (tertiary/aromatic N) is 3. The number of rotatable bonds is 5. The molecule has 9 aromatic rings. The number of benzene rings is 7. The van der Waals surface area contributed by atoms with E-state index >= 15 is 0 Å².